The number of carbonyl (C=O) groups is 1. The molecule has 14 heteroatoms. The maximum absolute atomic E-state index is 12.7. The van der Waals surface area contributed by atoms with Crippen molar-refractivity contribution in [2.24, 2.45) is 5.73 Å². The number of aromatic nitrogens is 4. The minimum atomic E-state index is -4.67. The van der Waals surface area contributed by atoms with Crippen LogP contribution in [0.25, 0.3) is 0 Å². The van der Waals surface area contributed by atoms with Crippen LogP contribution >= 0.6 is 0 Å². The average molecular weight is 430 g/mol. The number of hydrogen-bond donors (Lipinski definition) is 4. The lowest BCUT2D eigenvalue weighted by molar-refractivity contribution is -0.150. The SMILES string of the molecule is NC(=O)c1ccc(OC[C@H]2OC[C@H](Nc3cncc(C(F)(F)F)n3)[C@@H](O)[C@H]2O)nn1. The molecule has 162 valence electrons. The smallest absolute Gasteiger partial charge is 0.434 e. The number of primary amides is 1. The highest BCUT2D eigenvalue weighted by Gasteiger charge is 2.39. The van der Waals surface area contributed by atoms with Crippen molar-refractivity contribution >= 4 is 11.7 Å². The van der Waals surface area contributed by atoms with Crippen LogP contribution in [-0.2, 0) is 10.9 Å². The van der Waals surface area contributed by atoms with Crippen molar-refractivity contribution in [3.8, 4) is 5.88 Å². The largest absolute Gasteiger partial charge is 0.474 e. The molecule has 1 amide bonds. The summed E-state index contributed by atoms with van der Waals surface area (Å²) in [5.74, 6) is -0.957. The van der Waals surface area contributed by atoms with Crippen LogP contribution in [0.15, 0.2) is 24.5 Å². The van der Waals surface area contributed by atoms with E-state index in [4.69, 9.17) is 15.2 Å². The van der Waals surface area contributed by atoms with Crippen LogP contribution in [0.5, 0.6) is 5.88 Å². The van der Waals surface area contributed by atoms with Gasteiger partial charge in [0.05, 0.1) is 25.0 Å². The van der Waals surface area contributed by atoms with Crippen molar-refractivity contribution < 1.29 is 37.7 Å². The summed E-state index contributed by atoms with van der Waals surface area (Å²) >= 11 is 0. The van der Waals surface area contributed by atoms with Gasteiger partial charge in [0, 0.05) is 6.07 Å². The van der Waals surface area contributed by atoms with Crippen LogP contribution in [0.2, 0.25) is 0 Å². The van der Waals surface area contributed by atoms with Crippen LogP contribution in [-0.4, -0.2) is 73.9 Å². The lowest BCUT2D eigenvalue weighted by atomic mass is 9.98. The van der Waals surface area contributed by atoms with E-state index in [9.17, 15) is 28.2 Å². The monoisotopic (exact) mass is 430 g/mol. The predicted octanol–water partition coefficient (Wildman–Crippen LogP) is -0.636. The van der Waals surface area contributed by atoms with Crippen molar-refractivity contribution in [1.29, 1.82) is 0 Å². The van der Waals surface area contributed by atoms with E-state index in [0.717, 1.165) is 6.20 Å². The van der Waals surface area contributed by atoms with E-state index >= 15 is 0 Å². The van der Waals surface area contributed by atoms with Crippen LogP contribution in [0.4, 0.5) is 19.0 Å². The Morgan fingerprint density at radius 2 is 2.03 bits per heavy atom. The molecule has 1 aliphatic heterocycles. The fourth-order valence-electron chi connectivity index (χ4n) is 2.61. The van der Waals surface area contributed by atoms with Crippen LogP contribution in [0.3, 0.4) is 0 Å². The van der Waals surface area contributed by atoms with Crippen molar-refractivity contribution in [1.82, 2.24) is 20.2 Å². The standard InChI is InChI=1S/C16H17F3N6O5/c17-16(18,19)10-3-21-4-11(23-10)22-8-5-29-9(14(27)13(8)26)6-30-12-2-1-7(15(20)28)24-25-12/h1-4,8-9,13-14,26-27H,5-6H2,(H2,20,28)(H,22,23)/t8-,9+,13+,14-/m0/s1. The van der Waals surface area contributed by atoms with Gasteiger partial charge in [-0.15, -0.1) is 10.2 Å². The zero-order valence-corrected chi connectivity index (χ0v) is 15.2. The lowest BCUT2D eigenvalue weighted by Crippen LogP contribution is -2.57. The van der Waals surface area contributed by atoms with E-state index in [0.29, 0.717) is 6.20 Å². The number of aliphatic hydroxyl groups excluding tert-OH is 2. The summed E-state index contributed by atoms with van der Waals surface area (Å²) in [6.45, 7) is -0.366. The number of nitrogens with zero attached hydrogens (tertiary/aromatic N) is 4. The molecule has 1 aliphatic rings. The highest BCUT2D eigenvalue weighted by atomic mass is 19.4. The molecule has 2 aromatic heterocycles. The van der Waals surface area contributed by atoms with Crippen LogP contribution < -0.4 is 15.8 Å². The Morgan fingerprint density at radius 3 is 2.67 bits per heavy atom. The molecule has 0 aromatic carbocycles. The van der Waals surface area contributed by atoms with Crippen molar-refractivity contribution in [2.45, 2.75) is 30.5 Å². The van der Waals surface area contributed by atoms with Crippen LogP contribution in [0.1, 0.15) is 16.2 Å². The quantitative estimate of drug-likeness (QED) is 0.463. The van der Waals surface area contributed by atoms with Crippen molar-refractivity contribution in [2.75, 3.05) is 18.5 Å². The van der Waals surface area contributed by atoms with Gasteiger partial charge in [-0.25, -0.2) is 4.98 Å². The molecule has 30 heavy (non-hydrogen) atoms. The number of alkyl halides is 3. The van der Waals surface area contributed by atoms with Gasteiger partial charge >= 0.3 is 6.18 Å². The van der Waals surface area contributed by atoms with E-state index in [1.54, 1.807) is 0 Å². The summed E-state index contributed by atoms with van der Waals surface area (Å²) in [6, 6.07) is 1.70. The third-order valence-corrected chi connectivity index (χ3v) is 4.18. The maximum atomic E-state index is 12.7. The summed E-state index contributed by atoms with van der Waals surface area (Å²) in [5, 5.41) is 30.3. The molecular weight excluding hydrogens is 413 g/mol. The first kappa shape index (κ1) is 21.6. The number of ether oxygens (including phenoxy) is 2. The molecule has 0 unspecified atom stereocenters. The first-order valence-corrected chi connectivity index (χ1v) is 8.55. The summed E-state index contributed by atoms with van der Waals surface area (Å²) in [6.07, 6.45) is -6.83. The Bertz CT molecular complexity index is 884. The van der Waals surface area contributed by atoms with Crippen molar-refractivity contribution in [3.05, 3.63) is 35.9 Å². The van der Waals surface area contributed by atoms with E-state index in [2.05, 4.69) is 25.5 Å². The Balaban J connectivity index is 1.57. The third-order valence-electron chi connectivity index (χ3n) is 4.18. The van der Waals surface area contributed by atoms with Gasteiger partial charge in [-0.2, -0.15) is 13.2 Å². The highest BCUT2D eigenvalue weighted by molar-refractivity contribution is 5.90. The maximum Gasteiger partial charge on any atom is 0.434 e. The molecule has 0 saturated carbocycles. The minimum absolute atomic E-state index is 0.0322. The molecule has 3 rings (SSSR count). The fourth-order valence-corrected chi connectivity index (χ4v) is 2.61. The minimum Gasteiger partial charge on any atom is -0.474 e. The molecule has 4 atom stereocenters. The molecule has 0 aliphatic carbocycles. The van der Waals surface area contributed by atoms with E-state index in [1.807, 2.05) is 0 Å². The zero-order chi connectivity index (χ0) is 21.9. The second kappa shape index (κ2) is 8.73. The number of amides is 1. The topological polar surface area (TPSA) is 166 Å². The van der Waals surface area contributed by atoms with Gasteiger partial charge < -0.3 is 30.7 Å². The van der Waals surface area contributed by atoms with Crippen molar-refractivity contribution in [3.63, 3.8) is 0 Å². The number of rotatable bonds is 6. The molecule has 1 saturated heterocycles. The number of hydrogen-bond acceptors (Lipinski definition) is 10. The van der Waals surface area contributed by atoms with Gasteiger partial charge in [-0.1, -0.05) is 0 Å². The summed E-state index contributed by atoms with van der Waals surface area (Å²) in [5.41, 5.74) is 3.80. The van der Waals surface area contributed by atoms with E-state index < -0.39 is 42.1 Å². The first-order valence-electron chi connectivity index (χ1n) is 8.55. The van der Waals surface area contributed by atoms with Gasteiger partial charge in [0.25, 0.3) is 5.91 Å². The number of nitrogens with one attached hydrogen (secondary N) is 1. The Kier molecular flexibility index (Phi) is 6.28. The van der Waals surface area contributed by atoms with E-state index in [1.165, 1.54) is 12.1 Å². The molecule has 3 heterocycles. The summed E-state index contributed by atoms with van der Waals surface area (Å²) in [7, 11) is 0. The van der Waals surface area contributed by atoms with Crippen LogP contribution in [0, 0.1) is 0 Å². The number of aliphatic hydroxyl groups is 2. The lowest BCUT2D eigenvalue weighted by Gasteiger charge is -2.37. The van der Waals surface area contributed by atoms with Gasteiger partial charge in [0.15, 0.2) is 11.4 Å². The van der Waals surface area contributed by atoms with Gasteiger partial charge in [-0.3, -0.25) is 9.78 Å². The highest BCUT2D eigenvalue weighted by Crippen LogP contribution is 2.28. The number of nitrogens with two attached hydrogens (primary N) is 1. The predicted molar refractivity (Wildman–Crippen MR) is 92.2 cm³/mol. The fraction of sp³-hybridized carbons (Fsp3) is 0.438. The Labute approximate surface area is 167 Å². The first-order chi connectivity index (χ1) is 14.1. The molecule has 11 nitrogen and oxygen atoms in total. The second-order valence-electron chi connectivity index (χ2n) is 6.32. The Hall–Kier alpha value is -3.10. The van der Waals surface area contributed by atoms with Gasteiger partial charge in [0.2, 0.25) is 5.88 Å². The molecule has 2 aromatic rings. The molecule has 5 N–H and O–H groups in total. The van der Waals surface area contributed by atoms with Gasteiger partial charge in [0.1, 0.15) is 30.7 Å². The molecule has 1 fully saturated rings. The average Bonchev–Trinajstić information content (AvgIpc) is 2.71. The summed E-state index contributed by atoms with van der Waals surface area (Å²) in [4.78, 5) is 17.8. The van der Waals surface area contributed by atoms with Gasteiger partial charge in [-0.05, 0) is 6.07 Å². The second-order valence-corrected chi connectivity index (χ2v) is 6.32. The van der Waals surface area contributed by atoms with E-state index in [-0.39, 0.29) is 30.6 Å². The molecular formula is C16H17F3N6O5. The zero-order valence-electron chi connectivity index (χ0n) is 15.2. The summed E-state index contributed by atoms with van der Waals surface area (Å²) < 4.78 is 48.9. The number of anilines is 1. The molecule has 0 spiro atoms. The number of halogens is 3. The molecule has 0 bridgehead atoms. The number of carbonyl (C=O) groups excluding carboxylic acids is 1. The molecule has 0 radical (unpaired) electrons. The normalized spacial score (nSPS) is 24.3. The Morgan fingerprint density at radius 1 is 1.27 bits per heavy atom. The third kappa shape index (κ3) is 5.08.